The van der Waals surface area contributed by atoms with Gasteiger partial charge in [0.05, 0.1) is 5.92 Å². The van der Waals surface area contributed by atoms with E-state index in [4.69, 9.17) is 5.11 Å². The molecule has 0 saturated heterocycles. The molecule has 0 saturated carbocycles. The molecule has 5 nitrogen and oxygen atoms in total. The molecule has 112 valence electrons. The fourth-order valence-corrected chi connectivity index (χ4v) is 3.01. The first-order valence-corrected chi connectivity index (χ1v) is 7.75. The Bertz CT molecular complexity index is 586. The quantitative estimate of drug-likeness (QED) is 0.806. The molecule has 0 heterocycles. The topological polar surface area (TPSA) is 83.5 Å². The van der Waals surface area contributed by atoms with Crippen molar-refractivity contribution in [3.8, 4) is 0 Å². The van der Waals surface area contributed by atoms with Gasteiger partial charge in [-0.1, -0.05) is 19.4 Å². The van der Waals surface area contributed by atoms with Crippen molar-refractivity contribution in [3.05, 3.63) is 29.6 Å². The van der Waals surface area contributed by atoms with Crippen LogP contribution in [0.3, 0.4) is 0 Å². The molecule has 1 aromatic rings. The third-order valence-electron chi connectivity index (χ3n) is 2.88. The SMILES string of the molecule is CCCC(CNS(=O)(=O)c1cc(C)ccc1F)C(=O)O. The lowest BCUT2D eigenvalue weighted by Crippen LogP contribution is -2.33. The van der Waals surface area contributed by atoms with Crippen LogP contribution in [-0.2, 0) is 14.8 Å². The number of carboxylic acid groups (broad SMARTS) is 1. The van der Waals surface area contributed by atoms with Crippen molar-refractivity contribution in [1.29, 1.82) is 0 Å². The van der Waals surface area contributed by atoms with E-state index in [2.05, 4.69) is 4.72 Å². The highest BCUT2D eigenvalue weighted by Crippen LogP contribution is 2.16. The summed E-state index contributed by atoms with van der Waals surface area (Å²) in [4.78, 5) is 10.5. The average molecular weight is 303 g/mol. The number of carbonyl (C=O) groups is 1. The highest BCUT2D eigenvalue weighted by molar-refractivity contribution is 7.89. The fourth-order valence-electron chi connectivity index (χ4n) is 1.77. The Morgan fingerprint density at radius 1 is 1.45 bits per heavy atom. The van der Waals surface area contributed by atoms with Crippen LogP contribution in [0.4, 0.5) is 4.39 Å². The van der Waals surface area contributed by atoms with E-state index in [-0.39, 0.29) is 6.54 Å². The van der Waals surface area contributed by atoms with Gasteiger partial charge >= 0.3 is 5.97 Å². The second kappa shape index (κ2) is 6.81. The Labute approximate surface area is 117 Å². The number of nitrogens with one attached hydrogen (secondary N) is 1. The van der Waals surface area contributed by atoms with Gasteiger partial charge < -0.3 is 5.11 Å². The zero-order valence-electron chi connectivity index (χ0n) is 11.4. The number of aliphatic carboxylic acids is 1. The minimum Gasteiger partial charge on any atom is -0.481 e. The van der Waals surface area contributed by atoms with E-state index in [0.717, 1.165) is 6.07 Å². The largest absolute Gasteiger partial charge is 0.481 e. The summed E-state index contributed by atoms with van der Waals surface area (Å²) in [6.45, 7) is 3.21. The Balaban J connectivity index is 2.89. The van der Waals surface area contributed by atoms with Gasteiger partial charge in [0.2, 0.25) is 10.0 Å². The molecule has 0 amide bonds. The third kappa shape index (κ3) is 4.28. The lowest BCUT2D eigenvalue weighted by atomic mass is 10.1. The maximum atomic E-state index is 13.6. The highest BCUT2D eigenvalue weighted by Gasteiger charge is 2.23. The van der Waals surface area contributed by atoms with Crippen molar-refractivity contribution in [3.63, 3.8) is 0 Å². The smallest absolute Gasteiger partial charge is 0.307 e. The molecule has 0 aromatic heterocycles. The second-order valence-electron chi connectivity index (χ2n) is 4.61. The molecule has 0 fully saturated rings. The summed E-state index contributed by atoms with van der Waals surface area (Å²) in [5.41, 5.74) is 0.607. The summed E-state index contributed by atoms with van der Waals surface area (Å²) in [7, 11) is -4.05. The summed E-state index contributed by atoms with van der Waals surface area (Å²) in [6.07, 6.45) is 0.978. The molecule has 2 N–H and O–H groups in total. The molecule has 0 spiro atoms. The van der Waals surface area contributed by atoms with Gasteiger partial charge in [-0.15, -0.1) is 0 Å². The molecule has 0 aliphatic heterocycles. The summed E-state index contributed by atoms with van der Waals surface area (Å²) in [5, 5.41) is 8.96. The van der Waals surface area contributed by atoms with Crippen molar-refractivity contribution >= 4 is 16.0 Å². The van der Waals surface area contributed by atoms with E-state index < -0.39 is 32.6 Å². The van der Waals surface area contributed by atoms with Crippen LogP contribution in [-0.4, -0.2) is 26.0 Å². The van der Waals surface area contributed by atoms with Crippen LogP contribution in [0.5, 0.6) is 0 Å². The zero-order valence-corrected chi connectivity index (χ0v) is 12.2. The Kier molecular flexibility index (Phi) is 5.64. The first-order valence-electron chi connectivity index (χ1n) is 6.26. The van der Waals surface area contributed by atoms with E-state index in [1.54, 1.807) is 6.92 Å². The van der Waals surface area contributed by atoms with Crippen LogP contribution in [0.25, 0.3) is 0 Å². The molecule has 1 rings (SSSR count). The number of hydrogen-bond donors (Lipinski definition) is 2. The van der Waals surface area contributed by atoms with Crippen molar-refractivity contribution in [2.75, 3.05) is 6.54 Å². The van der Waals surface area contributed by atoms with E-state index >= 15 is 0 Å². The van der Waals surface area contributed by atoms with Crippen LogP contribution < -0.4 is 4.72 Å². The first-order chi connectivity index (χ1) is 9.27. The minimum absolute atomic E-state index is 0.251. The summed E-state index contributed by atoms with van der Waals surface area (Å²) >= 11 is 0. The maximum absolute atomic E-state index is 13.6. The van der Waals surface area contributed by atoms with Crippen LogP contribution in [0.2, 0.25) is 0 Å². The van der Waals surface area contributed by atoms with Gasteiger partial charge in [0.15, 0.2) is 0 Å². The fraction of sp³-hybridized carbons (Fsp3) is 0.462. The monoisotopic (exact) mass is 303 g/mol. The molecule has 0 bridgehead atoms. The van der Waals surface area contributed by atoms with E-state index in [9.17, 15) is 17.6 Å². The number of sulfonamides is 1. The summed E-state index contributed by atoms with van der Waals surface area (Å²) in [6, 6.07) is 3.75. The van der Waals surface area contributed by atoms with Crippen molar-refractivity contribution in [1.82, 2.24) is 4.72 Å². The standard InChI is InChI=1S/C13H18FNO4S/c1-3-4-10(13(16)17)8-15-20(18,19)12-7-9(2)5-6-11(12)14/h5-7,10,15H,3-4,8H2,1-2H3,(H,16,17). The second-order valence-corrected chi connectivity index (χ2v) is 6.34. The number of hydrogen-bond acceptors (Lipinski definition) is 3. The van der Waals surface area contributed by atoms with Crippen molar-refractivity contribution < 1.29 is 22.7 Å². The third-order valence-corrected chi connectivity index (χ3v) is 4.32. The van der Waals surface area contributed by atoms with Gasteiger partial charge in [-0.25, -0.2) is 17.5 Å². The first kappa shape index (κ1) is 16.6. The molecule has 0 aliphatic rings. The molecule has 1 atom stereocenters. The molecule has 0 aliphatic carbocycles. The van der Waals surface area contributed by atoms with Crippen LogP contribution >= 0.6 is 0 Å². The summed E-state index contributed by atoms with van der Waals surface area (Å²) < 4.78 is 39.7. The van der Waals surface area contributed by atoms with Crippen molar-refractivity contribution in [2.24, 2.45) is 5.92 Å². The number of carboxylic acids is 1. The molecule has 0 radical (unpaired) electrons. The maximum Gasteiger partial charge on any atom is 0.307 e. The number of halogens is 1. The van der Waals surface area contributed by atoms with Gasteiger partial charge in [-0.05, 0) is 31.0 Å². The van der Waals surface area contributed by atoms with Crippen LogP contribution in [0.1, 0.15) is 25.3 Å². The molecular weight excluding hydrogens is 285 g/mol. The number of aryl methyl sites for hydroxylation is 1. The minimum atomic E-state index is -4.05. The average Bonchev–Trinajstić information content (AvgIpc) is 2.37. The lowest BCUT2D eigenvalue weighted by molar-refractivity contribution is -0.141. The summed E-state index contributed by atoms with van der Waals surface area (Å²) in [5.74, 6) is -2.74. The van der Waals surface area contributed by atoms with Gasteiger partial charge in [0, 0.05) is 6.54 Å². The molecular formula is C13H18FNO4S. The van der Waals surface area contributed by atoms with Crippen LogP contribution in [0, 0.1) is 18.7 Å². The van der Waals surface area contributed by atoms with Gasteiger partial charge in [-0.2, -0.15) is 0 Å². The Morgan fingerprint density at radius 2 is 2.10 bits per heavy atom. The van der Waals surface area contributed by atoms with Crippen molar-refractivity contribution in [2.45, 2.75) is 31.6 Å². The Hall–Kier alpha value is -1.47. The highest BCUT2D eigenvalue weighted by atomic mass is 32.2. The lowest BCUT2D eigenvalue weighted by Gasteiger charge is -2.13. The van der Waals surface area contributed by atoms with E-state index in [0.29, 0.717) is 18.4 Å². The van der Waals surface area contributed by atoms with Gasteiger partial charge in [-0.3, -0.25) is 4.79 Å². The normalized spacial score (nSPS) is 13.2. The Morgan fingerprint density at radius 3 is 2.65 bits per heavy atom. The molecule has 1 unspecified atom stereocenters. The molecule has 7 heteroatoms. The number of rotatable bonds is 7. The zero-order chi connectivity index (χ0) is 15.3. The van der Waals surface area contributed by atoms with Crippen LogP contribution in [0.15, 0.2) is 23.1 Å². The predicted molar refractivity (Wildman–Crippen MR) is 72.4 cm³/mol. The molecule has 1 aromatic carbocycles. The predicted octanol–water partition coefficient (Wildman–Crippen LogP) is 1.91. The molecule has 20 heavy (non-hydrogen) atoms. The van der Waals surface area contributed by atoms with Gasteiger partial charge in [0.25, 0.3) is 0 Å². The number of benzene rings is 1. The van der Waals surface area contributed by atoms with E-state index in [1.807, 2.05) is 6.92 Å². The van der Waals surface area contributed by atoms with E-state index in [1.165, 1.54) is 12.1 Å². The van der Waals surface area contributed by atoms with Gasteiger partial charge in [0.1, 0.15) is 10.7 Å².